The molecule has 1 fully saturated rings. The Bertz CT molecular complexity index is 733. The standard InChI is InChI=1S/C18H19N3O3/c1-21-11-14(8-17(21)22)18(23)20-15-5-2-6-16(9-15)24-12-13-4-3-7-19-10-13/h2-7,9-10,14H,8,11-12H2,1H3,(H,20,23). The number of pyridine rings is 1. The van der Waals surface area contributed by atoms with Crippen molar-refractivity contribution in [3.8, 4) is 5.75 Å². The minimum atomic E-state index is -0.303. The summed E-state index contributed by atoms with van der Waals surface area (Å²) < 4.78 is 5.72. The van der Waals surface area contributed by atoms with Crippen LogP contribution < -0.4 is 10.1 Å². The maximum absolute atomic E-state index is 12.3. The van der Waals surface area contributed by atoms with Crippen LogP contribution in [0.25, 0.3) is 0 Å². The van der Waals surface area contributed by atoms with Gasteiger partial charge in [0.15, 0.2) is 0 Å². The molecule has 6 heteroatoms. The number of rotatable bonds is 5. The fourth-order valence-electron chi connectivity index (χ4n) is 2.60. The zero-order valence-corrected chi connectivity index (χ0v) is 13.4. The lowest BCUT2D eigenvalue weighted by molar-refractivity contribution is -0.127. The Hall–Kier alpha value is -2.89. The molecule has 1 unspecified atom stereocenters. The third-order valence-electron chi connectivity index (χ3n) is 3.94. The molecule has 0 radical (unpaired) electrons. The molecule has 3 rings (SSSR count). The molecule has 1 atom stereocenters. The van der Waals surface area contributed by atoms with Gasteiger partial charge in [0.2, 0.25) is 11.8 Å². The summed E-state index contributed by atoms with van der Waals surface area (Å²) in [6.45, 7) is 0.870. The molecular weight excluding hydrogens is 306 g/mol. The normalized spacial score (nSPS) is 17.0. The van der Waals surface area contributed by atoms with Crippen LogP contribution in [0, 0.1) is 5.92 Å². The van der Waals surface area contributed by atoms with Crippen LogP contribution in [0.2, 0.25) is 0 Å². The molecule has 0 aliphatic carbocycles. The number of amides is 2. The molecule has 2 aromatic rings. The summed E-state index contributed by atoms with van der Waals surface area (Å²) in [7, 11) is 1.71. The van der Waals surface area contributed by atoms with E-state index in [0.717, 1.165) is 5.56 Å². The van der Waals surface area contributed by atoms with Crippen LogP contribution in [0.3, 0.4) is 0 Å². The number of ether oxygens (including phenoxy) is 1. The molecular formula is C18H19N3O3. The zero-order chi connectivity index (χ0) is 16.9. The molecule has 2 heterocycles. The number of anilines is 1. The molecule has 0 bridgehead atoms. The number of benzene rings is 1. The third-order valence-corrected chi connectivity index (χ3v) is 3.94. The highest BCUT2D eigenvalue weighted by atomic mass is 16.5. The van der Waals surface area contributed by atoms with E-state index in [9.17, 15) is 9.59 Å². The fourth-order valence-corrected chi connectivity index (χ4v) is 2.60. The number of aromatic nitrogens is 1. The third kappa shape index (κ3) is 3.90. The molecule has 124 valence electrons. The van der Waals surface area contributed by atoms with Crippen LogP contribution in [0.1, 0.15) is 12.0 Å². The Morgan fingerprint density at radius 1 is 1.38 bits per heavy atom. The van der Waals surface area contributed by atoms with E-state index in [1.807, 2.05) is 24.3 Å². The van der Waals surface area contributed by atoms with Gasteiger partial charge < -0.3 is 15.0 Å². The summed E-state index contributed by atoms with van der Waals surface area (Å²) in [5.41, 5.74) is 1.63. The van der Waals surface area contributed by atoms with E-state index in [1.165, 1.54) is 0 Å². The van der Waals surface area contributed by atoms with Gasteiger partial charge in [-0.05, 0) is 18.2 Å². The SMILES string of the molecule is CN1CC(C(=O)Nc2cccc(OCc3cccnc3)c2)CC1=O. The maximum atomic E-state index is 12.3. The van der Waals surface area contributed by atoms with Crippen molar-refractivity contribution in [1.29, 1.82) is 0 Å². The highest BCUT2D eigenvalue weighted by Crippen LogP contribution is 2.21. The predicted octanol–water partition coefficient (Wildman–Crippen LogP) is 2.08. The monoisotopic (exact) mass is 325 g/mol. The number of hydrogen-bond acceptors (Lipinski definition) is 4. The second kappa shape index (κ2) is 7.12. The van der Waals surface area contributed by atoms with E-state index in [2.05, 4.69) is 10.3 Å². The van der Waals surface area contributed by atoms with E-state index in [0.29, 0.717) is 24.6 Å². The molecule has 1 aliphatic heterocycles. The van der Waals surface area contributed by atoms with Gasteiger partial charge in [0.1, 0.15) is 12.4 Å². The van der Waals surface area contributed by atoms with Crippen LogP contribution >= 0.6 is 0 Å². The number of likely N-dealkylation sites (tertiary alicyclic amines) is 1. The van der Waals surface area contributed by atoms with Gasteiger partial charge in [-0.2, -0.15) is 0 Å². The van der Waals surface area contributed by atoms with Gasteiger partial charge in [0, 0.05) is 49.7 Å². The lowest BCUT2D eigenvalue weighted by Gasteiger charge is -2.12. The summed E-state index contributed by atoms with van der Waals surface area (Å²) in [5.74, 6) is 0.222. The topological polar surface area (TPSA) is 71.5 Å². The van der Waals surface area contributed by atoms with Gasteiger partial charge in [-0.15, -0.1) is 0 Å². The quantitative estimate of drug-likeness (QED) is 0.913. The van der Waals surface area contributed by atoms with Gasteiger partial charge in [-0.25, -0.2) is 0 Å². The van der Waals surface area contributed by atoms with Crippen LogP contribution in [0.4, 0.5) is 5.69 Å². The summed E-state index contributed by atoms with van der Waals surface area (Å²) >= 11 is 0. The van der Waals surface area contributed by atoms with Crippen LogP contribution in [-0.4, -0.2) is 35.3 Å². The average molecular weight is 325 g/mol. The van der Waals surface area contributed by atoms with E-state index in [-0.39, 0.29) is 24.2 Å². The van der Waals surface area contributed by atoms with E-state index < -0.39 is 0 Å². The molecule has 0 spiro atoms. The molecule has 2 amide bonds. The first-order valence-electron chi connectivity index (χ1n) is 7.78. The van der Waals surface area contributed by atoms with Gasteiger partial charge in [-0.3, -0.25) is 14.6 Å². The van der Waals surface area contributed by atoms with Gasteiger partial charge in [-0.1, -0.05) is 12.1 Å². The lowest BCUT2D eigenvalue weighted by atomic mass is 10.1. The lowest BCUT2D eigenvalue weighted by Crippen LogP contribution is -2.25. The molecule has 24 heavy (non-hydrogen) atoms. The van der Waals surface area contributed by atoms with Crippen molar-refractivity contribution in [3.63, 3.8) is 0 Å². The highest BCUT2D eigenvalue weighted by molar-refractivity contribution is 5.97. The molecule has 0 saturated carbocycles. The van der Waals surface area contributed by atoms with Gasteiger partial charge >= 0.3 is 0 Å². The van der Waals surface area contributed by atoms with Crippen molar-refractivity contribution in [2.45, 2.75) is 13.0 Å². The largest absolute Gasteiger partial charge is 0.489 e. The summed E-state index contributed by atoms with van der Waals surface area (Å²) in [4.78, 5) is 29.4. The summed E-state index contributed by atoms with van der Waals surface area (Å²) in [6.07, 6.45) is 3.73. The molecule has 1 aliphatic rings. The van der Waals surface area contributed by atoms with Crippen molar-refractivity contribution in [2.24, 2.45) is 5.92 Å². The Morgan fingerprint density at radius 3 is 2.96 bits per heavy atom. The minimum absolute atomic E-state index is 0.00343. The van der Waals surface area contributed by atoms with E-state index >= 15 is 0 Å². The van der Waals surface area contributed by atoms with Crippen molar-refractivity contribution in [2.75, 3.05) is 18.9 Å². The molecule has 1 N–H and O–H groups in total. The van der Waals surface area contributed by atoms with Crippen LogP contribution in [0.15, 0.2) is 48.8 Å². The molecule has 1 aromatic carbocycles. The Labute approximate surface area is 140 Å². The number of carbonyl (C=O) groups is 2. The van der Waals surface area contributed by atoms with Crippen molar-refractivity contribution in [1.82, 2.24) is 9.88 Å². The van der Waals surface area contributed by atoms with Gasteiger partial charge in [0.25, 0.3) is 0 Å². The minimum Gasteiger partial charge on any atom is -0.489 e. The maximum Gasteiger partial charge on any atom is 0.229 e. The first-order chi connectivity index (χ1) is 11.6. The molecule has 6 nitrogen and oxygen atoms in total. The predicted molar refractivity (Wildman–Crippen MR) is 89.4 cm³/mol. The Balaban J connectivity index is 1.59. The van der Waals surface area contributed by atoms with E-state index in [4.69, 9.17) is 4.74 Å². The smallest absolute Gasteiger partial charge is 0.229 e. The second-order valence-electron chi connectivity index (χ2n) is 5.84. The molecule has 1 saturated heterocycles. The van der Waals surface area contributed by atoms with Gasteiger partial charge in [0.05, 0.1) is 5.92 Å². The first-order valence-corrected chi connectivity index (χ1v) is 7.78. The zero-order valence-electron chi connectivity index (χ0n) is 13.4. The number of nitrogens with one attached hydrogen (secondary N) is 1. The first kappa shape index (κ1) is 16.0. The number of carbonyl (C=O) groups excluding carboxylic acids is 2. The molecule has 1 aromatic heterocycles. The number of nitrogens with zero attached hydrogens (tertiary/aromatic N) is 2. The summed E-state index contributed by atoms with van der Waals surface area (Å²) in [5, 5.41) is 2.85. The fraction of sp³-hybridized carbons (Fsp3) is 0.278. The number of hydrogen-bond donors (Lipinski definition) is 1. The average Bonchev–Trinajstić information content (AvgIpc) is 2.94. The summed E-state index contributed by atoms with van der Waals surface area (Å²) in [6, 6.07) is 11.0. The van der Waals surface area contributed by atoms with Crippen LogP contribution in [-0.2, 0) is 16.2 Å². The van der Waals surface area contributed by atoms with E-state index in [1.54, 1.807) is 36.5 Å². The Kier molecular flexibility index (Phi) is 4.74. The Morgan fingerprint density at radius 2 is 2.25 bits per heavy atom. The van der Waals surface area contributed by atoms with Crippen molar-refractivity contribution in [3.05, 3.63) is 54.4 Å². The van der Waals surface area contributed by atoms with Crippen LogP contribution in [0.5, 0.6) is 5.75 Å². The second-order valence-corrected chi connectivity index (χ2v) is 5.84. The van der Waals surface area contributed by atoms with Crippen molar-refractivity contribution >= 4 is 17.5 Å². The highest BCUT2D eigenvalue weighted by Gasteiger charge is 2.32. The van der Waals surface area contributed by atoms with Crippen molar-refractivity contribution < 1.29 is 14.3 Å².